The van der Waals surface area contributed by atoms with Gasteiger partial charge in [0.05, 0.1) is 11.2 Å². The number of phenols is 1. The molecule has 0 radical (unpaired) electrons. The molecule has 1 aliphatic heterocycles. The van der Waals surface area contributed by atoms with Crippen molar-refractivity contribution in [2.75, 3.05) is 6.54 Å². The molecule has 27 heavy (non-hydrogen) atoms. The third-order valence-electron chi connectivity index (χ3n) is 3.71. The number of carbonyl (C=O) groups is 1. The molecule has 0 spiro atoms. The fourth-order valence-corrected chi connectivity index (χ4v) is 2.68. The molecule has 7 nitrogen and oxygen atoms in total. The smallest absolute Gasteiger partial charge is 0.271 e. The molecule has 140 valence electrons. The van der Waals surface area contributed by atoms with E-state index >= 15 is 0 Å². The molecule has 8 heteroatoms. The third-order valence-corrected chi connectivity index (χ3v) is 4.01. The molecule has 2 aromatic carbocycles. The van der Waals surface area contributed by atoms with Gasteiger partial charge in [0.15, 0.2) is 11.5 Å². The number of nitrogens with one attached hydrogen (secondary N) is 1. The highest BCUT2D eigenvalue weighted by Crippen LogP contribution is 2.39. The van der Waals surface area contributed by atoms with Crippen molar-refractivity contribution in [1.29, 1.82) is 0 Å². The number of rotatable bonds is 5. The topological polar surface area (TPSA) is 106 Å². The van der Waals surface area contributed by atoms with Crippen molar-refractivity contribution in [2.24, 2.45) is 10.8 Å². The number of fused-ring (bicyclic) bond motifs is 1. The van der Waals surface area contributed by atoms with Crippen LogP contribution >= 0.6 is 11.6 Å². The lowest BCUT2D eigenvalue weighted by molar-refractivity contribution is 0.0677. The minimum absolute atomic E-state index is 0.0906. The maximum absolute atomic E-state index is 12.1. The minimum atomic E-state index is -0.453. The van der Waals surface area contributed by atoms with Crippen LogP contribution in [0.5, 0.6) is 17.2 Å². The number of benzene rings is 2. The van der Waals surface area contributed by atoms with Crippen molar-refractivity contribution in [3.8, 4) is 17.2 Å². The molecule has 3 rings (SSSR count). The summed E-state index contributed by atoms with van der Waals surface area (Å²) in [5.41, 5.74) is 9.73. The normalized spacial score (nSPS) is 15.6. The third kappa shape index (κ3) is 4.39. The number of nitrogens with zero attached hydrogens (tertiary/aromatic N) is 1. The molecule has 1 aliphatic rings. The van der Waals surface area contributed by atoms with Crippen molar-refractivity contribution < 1.29 is 19.4 Å². The number of aromatic hydroxyl groups is 1. The number of hydrogen-bond donors (Lipinski definition) is 3. The second-order valence-electron chi connectivity index (χ2n) is 5.74. The summed E-state index contributed by atoms with van der Waals surface area (Å²) in [7, 11) is 0. The number of hydrogen-bond acceptors (Lipinski definition) is 6. The Bertz CT molecular complexity index is 927. The van der Waals surface area contributed by atoms with Gasteiger partial charge in [0, 0.05) is 24.6 Å². The number of amides is 1. The largest absolute Gasteiger partial charge is 0.506 e. The summed E-state index contributed by atoms with van der Waals surface area (Å²) in [5, 5.41) is 13.5. The maximum atomic E-state index is 12.1. The number of nitrogens with two attached hydrogens (primary N) is 1. The molecule has 4 N–H and O–H groups in total. The molecular weight excluding hydrogens is 370 g/mol. The SMILES string of the molecule is CC1Oc2cc(/C=N/NC(=O)c3ccc(O)c(Cl)c3)cc(/C=C/CN)c2O1. The van der Waals surface area contributed by atoms with Gasteiger partial charge in [0.25, 0.3) is 5.91 Å². The second kappa shape index (κ2) is 8.11. The van der Waals surface area contributed by atoms with Crippen LogP contribution in [0.25, 0.3) is 6.08 Å². The van der Waals surface area contributed by atoms with Crippen LogP contribution in [0.2, 0.25) is 5.02 Å². The molecule has 1 amide bonds. The van der Waals surface area contributed by atoms with Crippen LogP contribution in [-0.2, 0) is 0 Å². The molecular formula is C19H18ClN3O4. The van der Waals surface area contributed by atoms with Crippen LogP contribution in [0.1, 0.15) is 28.4 Å². The Morgan fingerprint density at radius 3 is 2.93 bits per heavy atom. The van der Waals surface area contributed by atoms with Gasteiger partial charge in [-0.05, 0) is 35.9 Å². The first-order valence-electron chi connectivity index (χ1n) is 8.18. The number of halogens is 1. The molecule has 0 saturated heterocycles. The van der Waals surface area contributed by atoms with E-state index in [2.05, 4.69) is 10.5 Å². The van der Waals surface area contributed by atoms with Gasteiger partial charge in [-0.25, -0.2) is 5.43 Å². The van der Waals surface area contributed by atoms with E-state index in [9.17, 15) is 9.90 Å². The lowest BCUT2D eigenvalue weighted by atomic mass is 10.1. The summed E-state index contributed by atoms with van der Waals surface area (Å²) < 4.78 is 11.3. The average Bonchev–Trinajstić information content (AvgIpc) is 3.02. The highest BCUT2D eigenvalue weighted by Gasteiger charge is 2.23. The van der Waals surface area contributed by atoms with Gasteiger partial charge in [0.1, 0.15) is 5.75 Å². The van der Waals surface area contributed by atoms with Crippen molar-refractivity contribution in [3.63, 3.8) is 0 Å². The van der Waals surface area contributed by atoms with Gasteiger partial charge in [-0.15, -0.1) is 0 Å². The predicted molar refractivity (Wildman–Crippen MR) is 103 cm³/mol. The fraction of sp³-hybridized carbons (Fsp3) is 0.158. The standard InChI is InChI=1S/C19H18ClN3O4/c1-11-26-17-8-12(7-13(3-2-6-21)18(17)27-11)10-22-23-19(25)14-4-5-16(24)15(20)9-14/h2-5,7-11,24H,6,21H2,1H3,(H,23,25)/b3-2+,22-10+. The fourth-order valence-electron chi connectivity index (χ4n) is 2.50. The zero-order valence-electron chi connectivity index (χ0n) is 14.5. The summed E-state index contributed by atoms with van der Waals surface area (Å²) in [5.74, 6) is 0.696. The number of phenolic OH excluding ortho intramolecular Hbond substituents is 1. The molecule has 0 aromatic heterocycles. The van der Waals surface area contributed by atoms with E-state index < -0.39 is 5.91 Å². The summed E-state index contributed by atoms with van der Waals surface area (Å²) in [6.45, 7) is 2.20. The van der Waals surface area contributed by atoms with Crippen molar-refractivity contribution in [2.45, 2.75) is 13.2 Å². The first-order chi connectivity index (χ1) is 13.0. The van der Waals surface area contributed by atoms with Gasteiger partial charge in [-0.3, -0.25) is 4.79 Å². The van der Waals surface area contributed by atoms with E-state index in [1.165, 1.54) is 24.4 Å². The quantitative estimate of drug-likeness (QED) is 0.540. The van der Waals surface area contributed by atoms with Gasteiger partial charge >= 0.3 is 0 Å². The Balaban J connectivity index is 1.77. The zero-order chi connectivity index (χ0) is 19.4. The molecule has 0 bridgehead atoms. The van der Waals surface area contributed by atoms with Crippen LogP contribution in [0.4, 0.5) is 0 Å². The molecule has 2 aromatic rings. The van der Waals surface area contributed by atoms with E-state index in [-0.39, 0.29) is 22.6 Å². The van der Waals surface area contributed by atoms with E-state index in [1.807, 2.05) is 12.1 Å². The van der Waals surface area contributed by atoms with Gasteiger partial charge in [-0.1, -0.05) is 23.8 Å². The minimum Gasteiger partial charge on any atom is -0.506 e. The zero-order valence-corrected chi connectivity index (χ0v) is 15.2. The van der Waals surface area contributed by atoms with Crippen LogP contribution in [0.3, 0.4) is 0 Å². The van der Waals surface area contributed by atoms with Gasteiger partial charge < -0.3 is 20.3 Å². The van der Waals surface area contributed by atoms with Crippen molar-refractivity contribution in [1.82, 2.24) is 5.43 Å². The molecule has 0 saturated carbocycles. The Morgan fingerprint density at radius 1 is 1.37 bits per heavy atom. The summed E-state index contributed by atoms with van der Waals surface area (Å²) in [6, 6.07) is 7.77. The number of ether oxygens (including phenoxy) is 2. The summed E-state index contributed by atoms with van der Waals surface area (Å²) in [6.07, 6.45) is 4.76. The summed E-state index contributed by atoms with van der Waals surface area (Å²) >= 11 is 5.80. The van der Waals surface area contributed by atoms with E-state index in [4.69, 9.17) is 26.8 Å². The lowest BCUT2D eigenvalue weighted by Crippen LogP contribution is -2.17. The first kappa shape index (κ1) is 18.8. The monoisotopic (exact) mass is 387 g/mol. The molecule has 1 unspecified atom stereocenters. The molecule has 1 atom stereocenters. The Morgan fingerprint density at radius 2 is 2.19 bits per heavy atom. The van der Waals surface area contributed by atoms with Crippen LogP contribution in [0, 0.1) is 0 Å². The summed E-state index contributed by atoms with van der Waals surface area (Å²) in [4.78, 5) is 12.1. The lowest BCUT2D eigenvalue weighted by Gasteiger charge is -2.04. The van der Waals surface area contributed by atoms with Crippen molar-refractivity contribution in [3.05, 3.63) is 58.1 Å². The van der Waals surface area contributed by atoms with Crippen molar-refractivity contribution >= 4 is 29.8 Å². The highest BCUT2D eigenvalue weighted by atomic mass is 35.5. The van der Waals surface area contributed by atoms with Crippen LogP contribution < -0.4 is 20.6 Å². The van der Waals surface area contributed by atoms with Gasteiger partial charge in [-0.2, -0.15) is 5.10 Å². The van der Waals surface area contributed by atoms with Crippen LogP contribution in [-0.4, -0.2) is 30.1 Å². The van der Waals surface area contributed by atoms with Crippen LogP contribution in [0.15, 0.2) is 41.5 Å². The van der Waals surface area contributed by atoms with E-state index in [0.717, 1.165) is 5.56 Å². The van der Waals surface area contributed by atoms with Gasteiger partial charge in [0.2, 0.25) is 6.29 Å². The average molecular weight is 388 g/mol. The number of hydrazone groups is 1. The van der Waals surface area contributed by atoms with E-state index in [1.54, 1.807) is 19.1 Å². The predicted octanol–water partition coefficient (Wildman–Crippen LogP) is 2.90. The Labute approximate surface area is 161 Å². The second-order valence-corrected chi connectivity index (χ2v) is 6.15. The first-order valence-corrected chi connectivity index (χ1v) is 8.55. The Hall–Kier alpha value is -3.03. The Kier molecular flexibility index (Phi) is 5.63. The molecule has 0 fully saturated rings. The van der Waals surface area contributed by atoms with E-state index in [0.29, 0.717) is 23.6 Å². The highest BCUT2D eigenvalue weighted by molar-refractivity contribution is 6.32. The maximum Gasteiger partial charge on any atom is 0.271 e. The number of carbonyl (C=O) groups excluding carboxylic acids is 1. The molecule has 0 aliphatic carbocycles. The molecule has 1 heterocycles.